The minimum Gasteiger partial charge on any atom is -0.320 e. The number of carbonyl (C=O) groups excluding carboxylic acids is 1. The molecule has 0 saturated carbocycles. The van der Waals surface area contributed by atoms with Gasteiger partial charge in [0.2, 0.25) is 0 Å². The molecule has 108 valence electrons. The number of anilines is 1. The van der Waals surface area contributed by atoms with Crippen LogP contribution in [0.3, 0.4) is 0 Å². The van der Waals surface area contributed by atoms with Crippen molar-refractivity contribution in [2.24, 2.45) is 12.8 Å². The summed E-state index contributed by atoms with van der Waals surface area (Å²) in [7, 11) is 1.82. The lowest BCUT2D eigenvalue weighted by molar-refractivity contribution is 0.102. The molecule has 0 saturated heterocycles. The minimum absolute atomic E-state index is 0.167. The number of hydrogen-bond donors (Lipinski definition) is 2. The molecule has 1 amide bonds. The van der Waals surface area contributed by atoms with Crippen molar-refractivity contribution in [3.63, 3.8) is 0 Å². The molecule has 0 aliphatic rings. The lowest BCUT2D eigenvalue weighted by Gasteiger charge is -2.08. The quantitative estimate of drug-likeness (QED) is 0.822. The van der Waals surface area contributed by atoms with Gasteiger partial charge in [0.15, 0.2) is 0 Å². The summed E-state index contributed by atoms with van der Waals surface area (Å²) in [6, 6.07) is 5.48. The first kappa shape index (κ1) is 14.8. The van der Waals surface area contributed by atoms with Crippen LogP contribution in [0.1, 0.15) is 27.2 Å². The largest absolute Gasteiger partial charge is 0.320 e. The molecule has 5 nitrogen and oxygen atoms in total. The van der Waals surface area contributed by atoms with Gasteiger partial charge in [-0.3, -0.25) is 9.48 Å². The van der Waals surface area contributed by atoms with Gasteiger partial charge < -0.3 is 11.1 Å². The molecule has 1 aromatic heterocycles. The SMILES string of the molecule is Cc1nn(C)cc1NC(=O)c1cccc(C#CCN)c1C. The molecule has 0 fully saturated rings. The van der Waals surface area contributed by atoms with Crippen LogP contribution in [0.2, 0.25) is 0 Å². The number of hydrogen-bond acceptors (Lipinski definition) is 3. The van der Waals surface area contributed by atoms with Crippen molar-refractivity contribution in [1.82, 2.24) is 9.78 Å². The topological polar surface area (TPSA) is 72.9 Å². The molecule has 0 aliphatic heterocycles. The molecule has 1 aromatic carbocycles. The van der Waals surface area contributed by atoms with Gasteiger partial charge in [-0.1, -0.05) is 17.9 Å². The zero-order chi connectivity index (χ0) is 15.4. The molecule has 0 aliphatic carbocycles. The fourth-order valence-electron chi connectivity index (χ4n) is 2.08. The van der Waals surface area contributed by atoms with E-state index in [4.69, 9.17) is 5.73 Å². The van der Waals surface area contributed by atoms with Crippen LogP contribution in [0.5, 0.6) is 0 Å². The second kappa shape index (κ2) is 6.25. The van der Waals surface area contributed by atoms with Gasteiger partial charge in [0.05, 0.1) is 17.9 Å². The molecular formula is C16H18N4O. The number of amides is 1. The van der Waals surface area contributed by atoms with E-state index >= 15 is 0 Å². The lowest BCUT2D eigenvalue weighted by Crippen LogP contribution is -2.14. The van der Waals surface area contributed by atoms with Crippen LogP contribution in [0, 0.1) is 25.7 Å². The third-order valence-corrected chi connectivity index (χ3v) is 3.17. The predicted molar refractivity (Wildman–Crippen MR) is 83.0 cm³/mol. The summed E-state index contributed by atoms with van der Waals surface area (Å²) < 4.78 is 1.67. The van der Waals surface area contributed by atoms with Crippen LogP contribution in [-0.4, -0.2) is 22.2 Å². The monoisotopic (exact) mass is 282 g/mol. The van der Waals surface area contributed by atoms with Crippen molar-refractivity contribution in [2.45, 2.75) is 13.8 Å². The summed E-state index contributed by atoms with van der Waals surface area (Å²) in [5, 5.41) is 7.08. The predicted octanol–water partition coefficient (Wildman–Crippen LogP) is 1.60. The normalized spacial score (nSPS) is 9.90. The zero-order valence-corrected chi connectivity index (χ0v) is 12.4. The van der Waals surface area contributed by atoms with Crippen molar-refractivity contribution in [3.05, 3.63) is 46.8 Å². The average molecular weight is 282 g/mol. The number of nitrogens with zero attached hydrogens (tertiary/aromatic N) is 2. The van der Waals surface area contributed by atoms with Gasteiger partial charge in [0.25, 0.3) is 5.91 Å². The Bertz CT molecular complexity index is 734. The first-order valence-corrected chi connectivity index (χ1v) is 6.63. The third-order valence-electron chi connectivity index (χ3n) is 3.17. The highest BCUT2D eigenvalue weighted by Crippen LogP contribution is 2.17. The van der Waals surface area contributed by atoms with Gasteiger partial charge in [-0.15, -0.1) is 0 Å². The molecular weight excluding hydrogens is 264 g/mol. The Kier molecular flexibility index (Phi) is 4.41. The van der Waals surface area contributed by atoms with Gasteiger partial charge in [-0.05, 0) is 31.5 Å². The Morgan fingerprint density at radius 1 is 1.43 bits per heavy atom. The summed E-state index contributed by atoms with van der Waals surface area (Å²) in [5.41, 5.74) is 9.13. The number of aryl methyl sites for hydroxylation is 2. The molecule has 0 radical (unpaired) electrons. The van der Waals surface area contributed by atoms with E-state index < -0.39 is 0 Å². The maximum absolute atomic E-state index is 12.4. The summed E-state index contributed by atoms with van der Waals surface area (Å²) in [6.07, 6.45) is 1.78. The maximum atomic E-state index is 12.4. The van der Waals surface area contributed by atoms with E-state index in [1.165, 1.54) is 0 Å². The zero-order valence-electron chi connectivity index (χ0n) is 12.4. The summed E-state index contributed by atoms with van der Waals surface area (Å²) in [5.74, 6) is 5.62. The summed E-state index contributed by atoms with van der Waals surface area (Å²) >= 11 is 0. The van der Waals surface area contributed by atoms with Gasteiger partial charge >= 0.3 is 0 Å². The molecule has 2 aromatic rings. The number of nitrogens with two attached hydrogens (primary N) is 1. The molecule has 2 rings (SSSR count). The number of rotatable bonds is 2. The van der Waals surface area contributed by atoms with Crippen LogP contribution >= 0.6 is 0 Å². The Hall–Kier alpha value is -2.58. The average Bonchev–Trinajstić information content (AvgIpc) is 2.75. The van der Waals surface area contributed by atoms with Gasteiger partial charge in [-0.2, -0.15) is 5.10 Å². The van der Waals surface area contributed by atoms with Crippen molar-refractivity contribution in [1.29, 1.82) is 0 Å². The lowest BCUT2D eigenvalue weighted by atomic mass is 10.0. The Morgan fingerprint density at radius 2 is 2.19 bits per heavy atom. The van der Waals surface area contributed by atoms with E-state index in [1.54, 1.807) is 16.9 Å². The summed E-state index contributed by atoms with van der Waals surface area (Å²) in [4.78, 5) is 12.4. The minimum atomic E-state index is -0.167. The van der Waals surface area contributed by atoms with E-state index in [2.05, 4.69) is 22.3 Å². The third kappa shape index (κ3) is 3.30. The molecule has 0 atom stereocenters. The number of nitrogens with one attached hydrogen (secondary N) is 1. The van der Waals surface area contributed by atoms with Crippen molar-refractivity contribution in [2.75, 3.05) is 11.9 Å². The standard InChI is InChI=1S/C16H18N4O/c1-11-13(7-5-9-17)6-4-8-14(11)16(21)18-15-10-20(3)19-12(15)2/h4,6,8,10H,9,17H2,1-3H3,(H,18,21). The molecule has 0 bridgehead atoms. The Balaban J connectivity index is 2.29. The van der Waals surface area contributed by atoms with E-state index in [1.807, 2.05) is 33.0 Å². The highest BCUT2D eigenvalue weighted by Gasteiger charge is 2.13. The number of benzene rings is 1. The number of carbonyl (C=O) groups is 1. The van der Waals surface area contributed by atoms with Gasteiger partial charge in [0, 0.05) is 24.4 Å². The first-order valence-electron chi connectivity index (χ1n) is 6.63. The highest BCUT2D eigenvalue weighted by molar-refractivity contribution is 6.05. The molecule has 3 N–H and O–H groups in total. The molecule has 0 spiro atoms. The van der Waals surface area contributed by atoms with Gasteiger partial charge in [0.1, 0.15) is 0 Å². The second-order valence-corrected chi connectivity index (χ2v) is 4.74. The van der Waals surface area contributed by atoms with Crippen molar-refractivity contribution >= 4 is 11.6 Å². The summed E-state index contributed by atoms with van der Waals surface area (Å²) in [6.45, 7) is 4.03. The van der Waals surface area contributed by atoms with Crippen LogP contribution in [0.4, 0.5) is 5.69 Å². The highest BCUT2D eigenvalue weighted by atomic mass is 16.1. The maximum Gasteiger partial charge on any atom is 0.256 e. The number of aromatic nitrogens is 2. The second-order valence-electron chi connectivity index (χ2n) is 4.74. The molecule has 5 heteroatoms. The van der Waals surface area contributed by atoms with Crippen molar-refractivity contribution < 1.29 is 4.79 Å². The van der Waals surface area contributed by atoms with Crippen LogP contribution in [-0.2, 0) is 7.05 Å². The fourth-order valence-corrected chi connectivity index (χ4v) is 2.08. The smallest absolute Gasteiger partial charge is 0.256 e. The molecule has 0 unspecified atom stereocenters. The Morgan fingerprint density at radius 3 is 2.81 bits per heavy atom. The van der Waals surface area contributed by atoms with E-state index in [-0.39, 0.29) is 5.91 Å². The molecule has 21 heavy (non-hydrogen) atoms. The van der Waals surface area contributed by atoms with Crippen LogP contribution in [0.15, 0.2) is 24.4 Å². The van der Waals surface area contributed by atoms with Crippen LogP contribution < -0.4 is 11.1 Å². The van der Waals surface area contributed by atoms with E-state index in [9.17, 15) is 4.79 Å². The first-order chi connectivity index (χ1) is 10.0. The van der Waals surface area contributed by atoms with E-state index in [0.29, 0.717) is 17.8 Å². The fraction of sp³-hybridized carbons (Fsp3) is 0.250. The van der Waals surface area contributed by atoms with E-state index in [0.717, 1.165) is 16.8 Å². The Labute approximate surface area is 124 Å². The van der Waals surface area contributed by atoms with Crippen molar-refractivity contribution in [3.8, 4) is 11.8 Å². The van der Waals surface area contributed by atoms with Crippen LogP contribution in [0.25, 0.3) is 0 Å². The molecule has 1 heterocycles. The van der Waals surface area contributed by atoms with Gasteiger partial charge in [-0.25, -0.2) is 0 Å².